The van der Waals surface area contributed by atoms with Gasteiger partial charge < -0.3 is 0 Å². The highest BCUT2D eigenvalue weighted by atomic mass is 32.3. The molecule has 2 rings (SSSR count). The van der Waals surface area contributed by atoms with Crippen molar-refractivity contribution < 1.29 is 4.21 Å². The van der Waals surface area contributed by atoms with E-state index in [1.165, 1.54) is 0 Å². The van der Waals surface area contributed by atoms with E-state index in [0.717, 1.165) is 18.6 Å². The molecule has 0 aliphatic carbocycles. The van der Waals surface area contributed by atoms with Gasteiger partial charge in [-0.2, -0.15) is 4.36 Å². The van der Waals surface area contributed by atoms with Crippen molar-refractivity contribution in [1.82, 2.24) is 0 Å². The van der Waals surface area contributed by atoms with Crippen molar-refractivity contribution in [2.45, 2.75) is 17.4 Å². The molecule has 1 aliphatic heterocycles. The summed E-state index contributed by atoms with van der Waals surface area (Å²) in [6, 6.07) is 9.30. The first kappa shape index (κ1) is 11.0. The van der Waals surface area contributed by atoms with Crippen molar-refractivity contribution in [1.29, 1.82) is 0 Å². The van der Waals surface area contributed by atoms with Gasteiger partial charge in [0.05, 0.1) is 5.69 Å². The number of nitrogens with zero attached hydrogens (tertiary/aromatic N) is 1. The van der Waals surface area contributed by atoms with E-state index in [1.807, 2.05) is 30.3 Å². The molecule has 2 atom stereocenters. The molecule has 1 aromatic rings. The number of hydrogen-bond acceptors (Lipinski definition) is 3. The lowest BCUT2D eigenvalue weighted by atomic mass is 10.3. The quantitative estimate of drug-likeness (QED) is 0.866. The van der Waals surface area contributed by atoms with Crippen LogP contribution in [0.15, 0.2) is 34.7 Å². The van der Waals surface area contributed by atoms with E-state index in [9.17, 15) is 4.21 Å². The Hall–Kier alpha value is -0.520. The molecular formula is C10H14N2OS2. The molecule has 1 saturated heterocycles. The van der Waals surface area contributed by atoms with Gasteiger partial charge in [0.25, 0.3) is 0 Å². The predicted octanol–water partition coefficient (Wildman–Crippen LogP) is 2.51. The van der Waals surface area contributed by atoms with Crippen molar-refractivity contribution >= 4 is 27.4 Å². The zero-order valence-corrected chi connectivity index (χ0v) is 9.97. The largest absolute Gasteiger partial charge is 0.244 e. The summed E-state index contributed by atoms with van der Waals surface area (Å²) in [5.74, 6) is 1.04. The topological polar surface area (TPSA) is 55.5 Å². The molecule has 0 aromatic heterocycles. The molecule has 0 saturated carbocycles. The van der Waals surface area contributed by atoms with Gasteiger partial charge in [-0.25, -0.2) is 9.35 Å². The third kappa shape index (κ3) is 2.74. The molecule has 1 unspecified atom stereocenters. The molecule has 82 valence electrons. The van der Waals surface area contributed by atoms with Crippen LogP contribution in [0.25, 0.3) is 0 Å². The molecule has 0 amide bonds. The summed E-state index contributed by atoms with van der Waals surface area (Å²) in [5, 5.41) is 5.79. The van der Waals surface area contributed by atoms with Crippen molar-refractivity contribution in [2.75, 3.05) is 5.75 Å². The van der Waals surface area contributed by atoms with Gasteiger partial charge in [0.1, 0.15) is 14.5 Å². The Bertz CT molecular complexity index is 432. The Morgan fingerprint density at radius 1 is 1.40 bits per heavy atom. The summed E-state index contributed by atoms with van der Waals surface area (Å²) < 4.78 is 16.3. The molecule has 5 heteroatoms. The third-order valence-corrected chi connectivity index (χ3v) is 6.12. The van der Waals surface area contributed by atoms with Crippen LogP contribution in [-0.4, -0.2) is 14.5 Å². The lowest BCUT2D eigenvalue weighted by molar-refractivity contribution is 0.673. The lowest BCUT2D eigenvalue weighted by Gasteiger charge is -2.10. The van der Waals surface area contributed by atoms with Crippen LogP contribution in [0.1, 0.15) is 12.8 Å². The maximum absolute atomic E-state index is 12.1. The minimum atomic E-state index is -2.58. The van der Waals surface area contributed by atoms with Crippen LogP contribution in [0.4, 0.5) is 5.69 Å². The average Bonchev–Trinajstić information content (AvgIpc) is 2.71. The van der Waals surface area contributed by atoms with E-state index in [2.05, 4.69) is 4.36 Å². The molecule has 1 heterocycles. The molecule has 1 fully saturated rings. The van der Waals surface area contributed by atoms with Crippen LogP contribution < -0.4 is 5.14 Å². The summed E-state index contributed by atoms with van der Waals surface area (Å²) in [4.78, 5) is 0. The van der Waals surface area contributed by atoms with Crippen molar-refractivity contribution in [2.24, 2.45) is 9.50 Å². The molecule has 1 aliphatic rings. The molecule has 15 heavy (non-hydrogen) atoms. The molecule has 1 aromatic carbocycles. The highest BCUT2D eigenvalue weighted by molar-refractivity contribution is 8.13. The van der Waals surface area contributed by atoms with Gasteiger partial charge in [-0.15, -0.1) is 11.8 Å². The molecular weight excluding hydrogens is 228 g/mol. The van der Waals surface area contributed by atoms with E-state index in [-0.39, 0.29) is 4.58 Å². The second-order valence-corrected chi connectivity index (χ2v) is 7.07. The minimum absolute atomic E-state index is 0.00212. The van der Waals surface area contributed by atoms with Crippen LogP contribution in [0, 0.1) is 0 Å². The average molecular weight is 242 g/mol. The number of hydrogen-bond donors (Lipinski definition) is 1. The fourth-order valence-corrected chi connectivity index (χ4v) is 4.73. The van der Waals surface area contributed by atoms with Gasteiger partial charge in [-0.05, 0) is 30.7 Å². The predicted molar refractivity (Wildman–Crippen MR) is 66.3 cm³/mol. The molecule has 0 radical (unpaired) electrons. The second kappa shape index (κ2) is 4.55. The van der Waals surface area contributed by atoms with E-state index in [1.54, 1.807) is 11.8 Å². The van der Waals surface area contributed by atoms with Crippen LogP contribution in [0.3, 0.4) is 0 Å². The normalized spacial score (nSPS) is 24.7. The van der Waals surface area contributed by atoms with Gasteiger partial charge in [0.2, 0.25) is 0 Å². The van der Waals surface area contributed by atoms with Crippen molar-refractivity contribution in [3.8, 4) is 0 Å². The maximum Gasteiger partial charge on any atom is 0.122 e. The maximum atomic E-state index is 12.1. The summed E-state index contributed by atoms with van der Waals surface area (Å²) in [7, 11) is -2.58. The Labute approximate surface area is 94.8 Å². The lowest BCUT2D eigenvalue weighted by Crippen LogP contribution is -2.23. The van der Waals surface area contributed by atoms with Crippen molar-refractivity contribution in [3.63, 3.8) is 0 Å². The second-order valence-electron chi connectivity index (χ2n) is 3.48. The Balaban J connectivity index is 2.28. The first-order chi connectivity index (χ1) is 7.18. The molecule has 2 N–H and O–H groups in total. The van der Waals surface area contributed by atoms with Gasteiger partial charge in [-0.3, -0.25) is 0 Å². The number of benzene rings is 1. The highest BCUT2D eigenvalue weighted by Gasteiger charge is 2.24. The Morgan fingerprint density at radius 3 is 2.73 bits per heavy atom. The first-order valence-electron chi connectivity index (χ1n) is 4.89. The number of rotatable bonds is 2. The molecule has 0 bridgehead atoms. The smallest absolute Gasteiger partial charge is 0.122 e. The summed E-state index contributed by atoms with van der Waals surface area (Å²) in [6.07, 6.45) is 2.00. The summed E-state index contributed by atoms with van der Waals surface area (Å²) >= 11 is 1.67. The Morgan fingerprint density at radius 2 is 2.13 bits per heavy atom. The third-order valence-electron chi connectivity index (χ3n) is 2.27. The van der Waals surface area contributed by atoms with Gasteiger partial charge in [0.15, 0.2) is 0 Å². The van der Waals surface area contributed by atoms with E-state index >= 15 is 0 Å². The monoisotopic (exact) mass is 242 g/mol. The zero-order valence-electron chi connectivity index (χ0n) is 8.33. The summed E-state index contributed by atoms with van der Waals surface area (Å²) in [5.41, 5.74) is 0.706. The van der Waals surface area contributed by atoms with E-state index in [0.29, 0.717) is 5.69 Å². The van der Waals surface area contributed by atoms with Gasteiger partial charge >= 0.3 is 0 Å². The van der Waals surface area contributed by atoms with Crippen molar-refractivity contribution in [3.05, 3.63) is 30.3 Å². The van der Waals surface area contributed by atoms with Gasteiger partial charge in [-0.1, -0.05) is 18.2 Å². The van der Waals surface area contributed by atoms with E-state index in [4.69, 9.17) is 5.14 Å². The first-order valence-corrected chi connectivity index (χ1v) is 7.58. The fourth-order valence-electron chi connectivity index (χ4n) is 1.53. The van der Waals surface area contributed by atoms with E-state index < -0.39 is 9.92 Å². The summed E-state index contributed by atoms with van der Waals surface area (Å²) in [6.45, 7) is 0. The fraction of sp³-hybridized carbons (Fsp3) is 0.400. The number of thioether (sulfide) groups is 1. The minimum Gasteiger partial charge on any atom is -0.244 e. The van der Waals surface area contributed by atoms with Crippen LogP contribution in [-0.2, 0) is 9.92 Å². The molecule has 3 nitrogen and oxygen atoms in total. The molecule has 0 spiro atoms. The highest BCUT2D eigenvalue weighted by Crippen LogP contribution is 2.31. The Kier molecular flexibility index (Phi) is 3.33. The zero-order chi connectivity index (χ0) is 10.7. The van der Waals surface area contributed by atoms with Crippen LogP contribution in [0.5, 0.6) is 0 Å². The number of nitrogens with two attached hydrogens (primary N) is 1. The van der Waals surface area contributed by atoms with Gasteiger partial charge in [0, 0.05) is 0 Å². The van der Waals surface area contributed by atoms with Crippen LogP contribution in [0.2, 0.25) is 0 Å². The SMILES string of the molecule is NS(=O)(=Nc1ccccc1)[C@H]1CCCS1. The standard InChI is InChI=1S/C10H14N2OS2/c11-15(13,10-7-4-8-14-10)12-9-5-2-1-3-6-9/h1-3,5-6,10H,4,7-8H2,(H2,11,12,13)/t10-,15?/m0/s1. The van der Waals surface area contributed by atoms with Crippen LogP contribution >= 0.6 is 11.8 Å².